The molecule has 1 heterocycles. The molecule has 2 unspecified atom stereocenters. The highest BCUT2D eigenvalue weighted by atomic mass is 35.5. The summed E-state index contributed by atoms with van der Waals surface area (Å²) in [6.07, 6.45) is 2.24. The Morgan fingerprint density at radius 3 is 2.39 bits per heavy atom. The number of hydrogen-bond donors (Lipinski definition) is 6. The minimum Gasteiger partial charge on any atom is -0.480 e. The summed E-state index contributed by atoms with van der Waals surface area (Å²) in [6, 6.07) is 8.39. The van der Waals surface area contributed by atoms with E-state index in [0.29, 0.717) is 44.3 Å². The van der Waals surface area contributed by atoms with Gasteiger partial charge in [0.15, 0.2) is 17.8 Å². The Labute approximate surface area is 246 Å². The van der Waals surface area contributed by atoms with Gasteiger partial charge in [-0.15, -0.1) is 12.4 Å². The topological polar surface area (TPSA) is 195 Å². The lowest BCUT2D eigenvalue weighted by Crippen LogP contribution is -2.54. The average molecular weight is 611 g/mol. The van der Waals surface area contributed by atoms with Crippen molar-refractivity contribution < 1.29 is 27.9 Å². The monoisotopic (exact) mass is 610 g/mol. The number of carboxylic acid groups (broad SMARTS) is 1. The molecule has 0 aromatic heterocycles. The van der Waals surface area contributed by atoms with Gasteiger partial charge in [0.2, 0.25) is 15.9 Å². The highest BCUT2D eigenvalue weighted by Crippen LogP contribution is 2.20. The van der Waals surface area contributed by atoms with Crippen LogP contribution in [0.2, 0.25) is 0 Å². The smallest absolute Gasteiger partial charge is 0.328 e. The molecular weight excluding hydrogens is 572 g/mol. The molecule has 3 rings (SSSR count). The first-order valence-electron chi connectivity index (χ1n) is 13.4. The number of rotatable bonds is 14. The van der Waals surface area contributed by atoms with Crippen LogP contribution in [0, 0.1) is 11.3 Å². The summed E-state index contributed by atoms with van der Waals surface area (Å²) < 4.78 is 28.9. The van der Waals surface area contributed by atoms with E-state index in [2.05, 4.69) is 15.4 Å². The molecule has 1 saturated heterocycles. The number of benzene rings is 2. The summed E-state index contributed by atoms with van der Waals surface area (Å²) in [6.45, 7) is 3.64. The van der Waals surface area contributed by atoms with E-state index in [0.717, 1.165) is 11.8 Å². The standard InChI is InChI=1S/C27H38N6O6S.ClH/c1-2-3-12-30-24(26(36)37)25(35)22(16-23(34)31-17-18-10-13-33(14-11-18)27(28)29)32-40(38,39)21-9-8-19-6-4-5-7-20(19)15-21;/h4-9,15,18,22,24,30,32H,2-3,10-14,16-17H2,1H3,(H3,28,29)(H,31,34)(H,36,37);1H. The maximum absolute atomic E-state index is 13.4. The molecule has 0 aliphatic carbocycles. The number of carbonyl (C=O) groups is 3. The molecule has 1 aliphatic heterocycles. The minimum absolute atomic E-state index is 0. The van der Waals surface area contributed by atoms with Crippen molar-refractivity contribution in [2.24, 2.45) is 11.7 Å². The fourth-order valence-electron chi connectivity index (χ4n) is 4.62. The summed E-state index contributed by atoms with van der Waals surface area (Å²) in [7, 11) is -4.28. The minimum atomic E-state index is -4.28. The molecule has 0 bridgehead atoms. The molecule has 1 fully saturated rings. The first-order chi connectivity index (χ1) is 19.0. The molecule has 0 spiro atoms. The molecular formula is C27H39ClN6O6S. The maximum Gasteiger partial charge on any atom is 0.328 e. The SMILES string of the molecule is CCCCNC(C(=O)O)C(=O)C(CC(=O)NCC1CCN(C(=N)N)CC1)NS(=O)(=O)c1ccc2ccccc2c1.Cl. The molecule has 1 aliphatic rings. The van der Waals surface area contributed by atoms with Crippen molar-refractivity contribution in [1.82, 2.24) is 20.3 Å². The number of unbranched alkanes of at least 4 members (excludes halogenated alkanes) is 1. The number of ketones is 1. The number of hydrogen-bond acceptors (Lipinski definition) is 7. The van der Waals surface area contributed by atoms with Crippen LogP contribution in [0.1, 0.15) is 39.0 Å². The van der Waals surface area contributed by atoms with E-state index in [1.807, 2.05) is 19.1 Å². The number of aliphatic carboxylic acids is 1. The molecule has 2 atom stereocenters. The van der Waals surface area contributed by atoms with Crippen molar-refractivity contribution in [3.63, 3.8) is 0 Å². The lowest BCUT2D eigenvalue weighted by molar-refractivity contribution is -0.144. The summed E-state index contributed by atoms with van der Waals surface area (Å²) in [4.78, 5) is 39.8. The number of nitrogens with zero attached hydrogens (tertiary/aromatic N) is 1. The normalized spacial score (nSPS) is 15.5. The molecule has 41 heavy (non-hydrogen) atoms. The van der Waals surface area contributed by atoms with Crippen LogP contribution >= 0.6 is 12.4 Å². The number of fused-ring (bicyclic) bond motifs is 1. The average Bonchev–Trinajstić information content (AvgIpc) is 2.93. The van der Waals surface area contributed by atoms with Crippen molar-refractivity contribution in [2.75, 3.05) is 26.2 Å². The molecule has 2 aromatic carbocycles. The maximum atomic E-state index is 13.4. The third-order valence-electron chi connectivity index (χ3n) is 7.01. The Morgan fingerprint density at radius 1 is 1.12 bits per heavy atom. The van der Waals surface area contributed by atoms with Gasteiger partial charge >= 0.3 is 5.97 Å². The van der Waals surface area contributed by atoms with Crippen molar-refractivity contribution in [3.05, 3.63) is 42.5 Å². The van der Waals surface area contributed by atoms with Gasteiger partial charge in [0.05, 0.1) is 17.4 Å². The number of Topliss-reactive ketones (excluding diaryl/α,β-unsaturated/α-hetero) is 1. The van der Waals surface area contributed by atoms with Gasteiger partial charge in [-0.25, -0.2) is 13.1 Å². The largest absolute Gasteiger partial charge is 0.480 e. The van der Waals surface area contributed by atoms with Crippen LogP contribution in [-0.2, 0) is 24.4 Å². The second-order valence-electron chi connectivity index (χ2n) is 9.99. The van der Waals surface area contributed by atoms with Crippen molar-refractivity contribution >= 4 is 56.8 Å². The number of amides is 1. The first-order valence-corrected chi connectivity index (χ1v) is 14.9. The van der Waals surface area contributed by atoms with Crippen LogP contribution in [0.25, 0.3) is 10.8 Å². The first kappa shape index (κ1) is 33.9. The Bertz CT molecular complexity index is 1330. The van der Waals surface area contributed by atoms with Crippen LogP contribution in [0.15, 0.2) is 47.4 Å². The highest BCUT2D eigenvalue weighted by molar-refractivity contribution is 7.89. The highest BCUT2D eigenvalue weighted by Gasteiger charge is 2.36. The zero-order valence-electron chi connectivity index (χ0n) is 23.0. The summed E-state index contributed by atoms with van der Waals surface area (Å²) in [5, 5.41) is 24.2. The van der Waals surface area contributed by atoms with Gasteiger partial charge in [0, 0.05) is 19.6 Å². The van der Waals surface area contributed by atoms with Gasteiger partial charge in [-0.3, -0.25) is 25.1 Å². The van der Waals surface area contributed by atoms with E-state index in [4.69, 9.17) is 11.1 Å². The fraction of sp³-hybridized carbons (Fsp3) is 0.481. The number of carbonyl (C=O) groups excluding carboxylic acids is 2. The third-order valence-corrected chi connectivity index (χ3v) is 8.48. The summed E-state index contributed by atoms with van der Waals surface area (Å²) >= 11 is 0. The lowest BCUT2D eigenvalue weighted by atomic mass is 9.96. The van der Waals surface area contributed by atoms with E-state index >= 15 is 0 Å². The van der Waals surface area contributed by atoms with Gasteiger partial charge in [-0.1, -0.05) is 43.7 Å². The number of nitrogens with one attached hydrogen (secondary N) is 4. The number of guanidine groups is 1. The van der Waals surface area contributed by atoms with Crippen molar-refractivity contribution in [2.45, 2.75) is 56.0 Å². The number of halogens is 1. The van der Waals surface area contributed by atoms with E-state index in [1.54, 1.807) is 23.1 Å². The second kappa shape index (κ2) is 15.7. The predicted molar refractivity (Wildman–Crippen MR) is 158 cm³/mol. The Hall–Kier alpha value is -3.26. The Morgan fingerprint density at radius 2 is 1.78 bits per heavy atom. The molecule has 0 saturated carbocycles. The molecule has 2 aromatic rings. The van der Waals surface area contributed by atoms with E-state index in [-0.39, 0.29) is 35.7 Å². The molecule has 0 radical (unpaired) electrons. The Kier molecular flexibility index (Phi) is 13.0. The van der Waals surface area contributed by atoms with Crippen LogP contribution < -0.4 is 21.1 Å². The number of carboxylic acids is 1. The van der Waals surface area contributed by atoms with Crippen LogP contribution in [0.4, 0.5) is 0 Å². The van der Waals surface area contributed by atoms with Gasteiger partial charge < -0.3 is 21.1 Å². The van der Waals surface area contributed by atoms with Crippen LogP contribution in [0.3, 0.4) is 0 Å². The van der Waals surface area contributed by atoms with Crippen molar-refractivity contribution in [1.29, 1.82) is 5.41 Å². The number of piperidine rings is 1. The van der Waals surface area contributed by atoms with E-state index in [1.165, 1.54) is 12.1 Å². The van der Waals surface area contributed by atoms with Gasteiger partial charge in [-0.05, 0) is 54.6 Å². The third kappa shape index (κ3) is 9.66. The fourth-order valence-corrected chi connectivity index (χ4v) is 5.86. The second-order valence-corrected chi connectivity index (χ2v) is 11.7. The molecule has 226 valence electrons. The molecule has 7 N–H and O–H groups in total. The van der Waals surface area contributed by atoms with Crippen LogP contribution in [-0.4, -0.2) is 80.3 Å². The summed E-state index contributed by atoms with van der Waals surface area (Å²) in [5.41, 5.74) is 5.53. The van der Waals surface area contributed by atoms with Crippen LogP contribution in [0.5, 0.6) is 0 Å². The zero-order chi connectivity index (χ0) is 29.3. The summed E-state index contributed by atoms with van der Waals surface area (Å²) in [5.74, 6) is -2.84. The molecule has 12 nitrogen and oxygen atoms in total. The Balaban J connectivity index is 0.00000588. The van der Waals surface area contributed by atoms with Gasteiger partial charge in [-0.2, -0.15) is 0 Å². The number of likely N-dealkylation sites (tertiary alicyclic amines) is 1. The van der Waals surface area contributed by atoms with Crippen molar-refractivity contribution in [3.8, 4) is 0 Å². The van der Waals surface area contributed by atoms with E-state index < -0.39 is 46.2 Å². The quantitative estimate of drug-likeness (QED) is 0.0793. The zero-order valence-corrected chi connectivity index (χ0v) is 24.6. The van der Waals surface area contributed by atoms with E-state index in [9.17, 15) is 27.9 Å². The number of nitrogens with two attached hydrogens (primary N) is 1. The predicted octanol–water partition coefficient (Wildman–Crippen LogP) is 1.43. The lowest BCUT2D eigenvalue weighted by Gasteiger charge is -2.32. The van der Waals surface area contributed by atoms with Gasteiger partial charge in [0.25, 0.3) is 0 Å². The molecule has 1 amide bonds. The number of sulfonamides is 1. The molecule has 14 heteroatoms. The van der Waals surface area contributed by atoms with Gasteiger partial charge in [0.1, 0.15) is 0 Å².